The van der Waals surface area contributed by atoms with Crippen LogP contribution in [-0.2, 0) is 18.4 Å². The van der Waals surface area contributed by atoms with Crippen LogP contribution in [0.1, 0.15) is 354 Å². The molecule has 0 rings (SSSR count). The van der Waals surface area contributed by atoms with Crippen molar-refractivity contribution in [2.45, 2.75) is 366 Å². The van der Waals surface area contributed by atoms with E-state index in [1.54, 1.807) is 6.08 Å². The van der Waals surface area contributed by atoms with Crippen molar-refractivity contribution in [3.63, 3.8) is 0 Å². The highest BCUT2D eigenvalue weighted by Crippen LogP contribution is 2.38. The summed E-state index contributed by atoms with van der Waals surface area (Å²) in [6, 6.07) is -0.904. The summed E-state index contributed by atoms with van der Waals surface area (Å²) in [5.74, 6) is -0.200. The Bertz CT molecular complexity index is 1380. The van der Waals surface area contributed by atoms with Crippen molar-refractivity contribution in [1.29, 1.82) is 0 Å². The molecule has 0 aliphatic heterocycles. The Balaban J connectivity index is 4.07. The van der Waals surface area contributed by atoms with E-state index in [2.05, 4.69) is 43.5 Å². The summed E-state index contributed by atoms with van der Waals surface area (Å²) >= 11 is 0. The summed E-state index contributed by atoms with van der Waals surface area (Å²) in [6.45, 7) is 4.69. The number of amides is 1. The van der Waals surface area contributed by atoms with Crippen LogP contribution in [-0.4, -0.2) is 68.5 Å². The van der Waals surface area contributed by atoms with E-state index in [4.69, 9.17) is 9.05 Å². The molecule has 0 aliphatic rings. The van der Waals surface area contributed by atoms with Gasteiger partial charge in [0.1, 0.15) is 13.2 Å². The van der Waals surface area contributed by atoms with Gasteiger partial charge in [0.05, 0.1) is 39.9 Å². The van der Waals surface area contributed by atoms with Crippen LogP contribution < -0.4 is 10.2 Å². The van der Waals surface area contributed by atoms with E-state index in [1.165, 1.54) is 295 Å². The molecule has 0 aromatic carbocycles. The largest absolute Gasteiger partial charge is 0.756 e. The summed E-state index contributed by atoms with van der Waals surface area (Å²) in [4.78, 5) is 25.6. The number of aliphatic hydroxyl groups excluding tert-OH is 1. The summed E-state index contributed by atoms with van der Waals surface area (Å²) < 4.78 is 23.4. The fourth-order valence-corrected chi connectivity index (χ4v) is 11.4. The molecule has 8 nitrogen and oxygen atoms in total. The van der Waals surface area contributed by atoms with Crippen LogP contribution in [0.3, 0.4) is 0 Å². The number of nitrogens with zero attached hydrogens (tertiary/aromatic N) is 1. The highest BCUT2D eigenvalue weighted by Gasteiger charge is 2.23. The van der Waals surface area contributed by atoms with Crippen LogP contribution in [0.4, 0.5) is 0 Å². The monoisotopic (exact) mass is 1130 g/mol. The van der Waals surface area contributed by atoms with Crippen LogP contribution in [0.15, 0.2) is 36.5 Å². The summed E-state index contributed by atoms with van der Waals surface area (Å²) in [7, 11) is 1.26. The highest BCUT2D eigenvalue weighted by molar-refractivity contribution is 7.45. The Labute approximate surface area is 493 Å². The fourth-order valence-electron chi connectivity index (χ4n) is 10.6. The number of aliphatic hydroxyl groups is 1. The van der Waals surface area contributed by atoms with Gasteiger partial charge in [0.15, 0.2) is 0 Å². The minimum absolute atomic E-state index is 0.00474. The average Bonchev–Trinajstić information content (AvgIpc) is 3.42. The molecule has 2 N–H and O–H groups in total. The van der Waals surface area contributed by atoms with E-state index < -0.39 is 20.0 Å². The lowest BCUT2D eigenvalue weighted by molar-refractivity contribution is -0.870. The Morgan fingerprint density at radius 1 is 0.430 bits per heavy atom. The molecule has 468 valence electrons. The van der Waals surface area contributed by atoms with E-state index in [1.807, 2.05) is 27.2 Å². The van der Waals surface area contributed by atoms with Gasteiger partial charge in [-0.1, -0.05) is 326 Å². The highest BCUT2D eigenvalue weighted by atomic mass is 31.2. The number of quaternary nitrogens is 1. The number of carbonyl (C=O) groups is 1. The zero-order valence-corrected chi connectivity index (χ0v) is 54.5. The molecule has 0 aromatic heterocycles. The van der Waals surface area contributed by atoms with Crippen LogP contribution in [0.5, 0.6) is 0 Å². The second-order valence-corrected chi connectivity index (χ2v) is 26.6. The van der Waals surface area contributed by atoms with Gasteiger partial charge in [-0.3, -0.25) is 9.36 Å². The molecule has 1 amide bonds. The lowest BCUT2D eigenvalue weighted by atomic mass is 10.0. The summed E-state index contributed by atoms with van der Waals surface area (Å²) in [5.41, 5.74) is 0. The second kappa shape index (κ2) is 61.3. The number of carbonyl (C=O) groups excluding carboxylic acids is 1. The average molecular weight is 1130 g/mol. The van der Waals surface area contributed by atoms with Crippen molar-refractivity contribution in [2.75, 3.05) is 40.9 Å². The van der Waals surface area contributed by atoms with E-state index >= 15 is 0 Å². The van der Waals surface area contributed by atoms with E-state index in [0.29, 0.717) is 17.4 Å². The quantitative estimate of drug-likeness (QED) is 0.0272. The molecule has 0 spiro atoms. The molecule has 0 aliphatic carbocycles. The fraction of sp³-hybridized carbons (Fsp3) is 0.900. The third-order valence-corrected chi connectivity index (χ3v) is 17.0. The van der Waals surface area contributed by atoms with Crippen molar-refractivity contribution < 1.29 is 32.9 Å². The van der Waals surface area contributed by atoms with E-state index in [0.717, 1.165) is 38.5 Å². The van der Waals surface area contributed by atoms with Gasteiger partial charge < -0.3 is 28.8 Å². The predicted molar refractivity (Wildman–Crippen MR) is 344 cm³/mol. The molecule has 3 atom stereocenters. The first-order valence-electron chi connectivity index (χ1n) is 34.9. The number of hydrogen-bond acceptors (Lipinski definition) is 6. The molecule has 9 heteroatoms. The minimum atomic E-state index is -4.61. The van der Waals surface area contributed by atoms with Gasteiger partial charge in [0.25, 0.3) is 7.82 Å². The Morgan fingerprint density at radius 3 is 1.03 bits per heavy atom. The third kappa shape index (κ3) is 64.1. The van der Waals surface area contributed by atoms with Gasteiger partial charge in [-0.25, -0.2) is 0 Å². The van der Waals surface area contributed by atoms with Gasteiger partial charge in [-0.2, -0.15) is 0 Å². The molecule has 0 aromatic rings. The van der Waals surface area contributed by atoms with Crippen LogP contribution in [0.2, 0.25) is 0 Å². The van der Waals surface area contributed by atoms with Crippen LogP contribution >= 0.6 is 7.82 Å². The number of likely N-dealkylation sites (N-methyl/N-ethyl adjacent to an activating group) is 1. The molecule has 0 heterocycles. The third-order valence-electron chi connectivity index (χ3n) is 16.1. The molecular weight excluding hydrogens is 996 g/mol. The van der Waals surface area contributed by atoms with Gasteiger partial charge >= 0.3 is 0 Å². The predicted octanol–water partition coefficient (Wildman–Crippen LogP) is 21.4. The zero-order chi connectivity index (χ0) is 57.7. The van der Waals surface area contributed by atoms with Crippen molar-refractivity contribution in [3.05, 3.63) is 36.5 Å². The number of hydrogen-bond donors (Lipinski definition) is 2. The van der Waals surface area contributed by atoms with Crippen molar-refractivity contribution in [2.24, 2.45) is 0 Å². The molecule has 3 unspecified atom stereocenters. The normalized spacial score (nSPS) is 13.9. The maximum atomic E-state index is 13.0. The molecule has 0 saturated carbocycles. The zero-order valence-electron chi connectivity index (χ0n) is 53.6. The number of rotatable bonds is 65. The minimum Gasteiger partial charge on any atom is -0.756 e. The Morgan fingerprint density at radius 2 is 0.709 bits per heavy atom. The smallest absolute Gasteiger partial charge is 0.268 e. The second-order valence-electron chi connectivity index (χ2n) is 25.2. The van der Waals surface area contributed by atoms with E-state index in [-0.39, 0.29) is 19.1 Å². The molecule has 0 radical (unpaired) electrons. The first-order valence-corrected chi connectivity index (χ1v) is 36.3. The number of allylic oxidation sites excluding steroid dienone is 5. The molecule has 0 bridgehead atoms. The standard InChI is InChI=1S/C70H137N2O6P/c1-6-8-10-12-14-16-18-20-22-24-26-28-30-32-33-34-35-36-37-38-40-42-44-46-48-50-52-54-56-58-60-62-64-70(74)71-68(67-78-79(75,76)77-66-65-72(3,4)5)69(73)63-61-59-57-55-53-51-49-47-45-43-41-39-31-29-27-25-23-21-19-17-15-13-11-9-7-2/h32-33,53,55,61,63,68-69,73H,6-31,34-52,54,56-60,62,64-67H2,1-5H3,(H-,71,74,75,76)/b33-32-,55-53+,63-61+. The first-order chi connectivity index (χ1) is 38.5. The van der Waals surface area contributed by atoms with Gasteiger partial charge in [0.2, 0.25) is 5.91 Å². The SMILES string of the molecule is CCCCCCCCCCCCCC/C=C\CCCCCCCCCCCCCCCCCCC(=O)NC(COP(=O)([O-])OCC[N+](C)(C)C)C(O)/C=C/CC/C=C/CCCCCCCCCCCCCCCCCCCCC. The van der Waals surface area contributed by atoms with Crippen LogP contribution in [0.25, 0.3) is 0 Å². The number of unbranched alkanes of at least 4 members (excludes halogenated alkanes) is 48. The Kier molecular flexibility index (Phi) is 60.3. The number of nitrogens with one attached hydrogen (secondary N) is 1. The Hall–Kier alpha value is -1.28. The molecule has 79 heavy (non-hydrogen) atoms. The van der Waals surface area contributed by atoms with E-state index in [9.17, 15) is 19.4 Å². The van der Waals surface area contributed by atoms with Crippen molar-refractivity contribution >= 4 is 13.7 Å². The van der Waals surface area contributed by atoms with Crippen molar-refractivity contribution in [3.8, 4) is 0 Å². The van der Waals surface area contributed by atoms with Gasteiger partial charge in [-0.05, 0) is 57.8 Å². The number of phosphoric acid groups is 1. The number of phosphoric ester groups is 1. The van der Waals surface area contributed by atoms with Gasteiger partial charge in [-0.15, -0.1) is 0 Å². The molecule has 0 saturated heterocycles. The summed E-state index contributed by atoms with van der Waals surface area (Å²) in [5, 5.41) is 13.9. The van der Waals surface area contributed by atoms with Gasteiger partial charge in [0, 0.05) is 6.42 Å². The maximum Gasteiger partial charge on any atom is 0.268 e. The first kappa shape index (κ1) is 77.7. The molecular formula is C70H137N2O6P. The molecule has 0 fully saturated rings. The summed E-state index contributed by atoms with van der Waals surface area (Å²) in [6.07, 6.45) is 81.3. The van der Waals surface area contributed by atoms with Crippen molar-refractivity contribution in [1.82, 2.24) is 5.32 Å². The lowest BCUT2D eigenvalue weighted by Gasteiger charge is -2.29. The lowest BCUT2D eigenvalue weighted by Crippen LogP contribution is -2.45. The maximum absolute atomic E-state index is 13.0. The topological polar surface area (TPSA) is 108 Å². The van der Waals surface area contributed by atoms with Crippen LogP contribution in [0, 0.1) is 0 Å².